The standard InChI is InChI=1S/C9H13N5O2/c10-7-6(8(15)16)5-12-9(13-7)14-3-1-11-2-4-14/h5,11H,1-4H2,(H,15,16)(H2,10,12,13). The molecule has 0 spiro atoms. The maximum absolute atomic E-state index is 10.7. The Kier molecular flexibility index (Phi) is 2.86. The monoisotopic (exact) mass is 223 g/mol. The van der Waals surface area contributed by atoms with Crippen LogP contribution in [0.2, 0.25) is 0 Å². The van der Waals surface area contributed by atoms with E-state index in [2.05, 4.69) is 15.3 Å². The highest BCUT2D eigenvalue weighted by atomic mass is 16.4. The van der Waals surface area contributed by atoms with Crippen molar-refractivity contribution in [3.05, 3.63) is 11.8 Å². The first-order valence-corrected chi connectivity index (χ1v) is 5.00. The lowest BCUT2D eigenvalue weighted by Gasteiger charge is -2.27. The molecule has 0 radical (unpaired) electrons. The number of aromatic nitrogens is 2. The van der Waals surface area contributed by atoms with Crippen LogP contribution in [0, 0.1) is 0 Å². The lowest BCUT2D eigenvalue weighted by molar-refractivity contribution is 0.0697. The smallest absolute Gasteiger partial charge is 0.341 e. The zero-order valence-corrected chi connectivity index (χ0v) is 8.68. The van der Waals surface area contributed by atoms with Gasteiger partial charge in [0, 0.05) is 32.4 Å². The molecule has 0 amide bonds. The van der Waals surface area contributed by atoms with Gasteiger partial charge in [0.15, 0.2) is 0 Å². The number of hydrogen-bond donors (Lipinski definition) is 3. The molecule has 1 fully saturated rings. The maximum atomic E-state index is 10.7. The molecule has 2 heterocycles. The van der Waals surface area contributed by atoms with Gasteiger partial charge in [0.1, 0.15) is 11.4 Å². The van der Waals surface area contributed by atoms with Gasteiger partial charge in [-0.05, 0) is 0 Å². The molecule has 7 heteroatoms. The van der Waals surface area contributed by atoms with Gasteiger partial charge in [-0.25, -0.2) is 9.78 Å². The molecule has 1 aromatic heterocycles. The SMILES string of the molecule is Nc1nc(N2CCNCC2)ncc1C(=O)O. The summed E-state index contributed by atoms with van der Waals surface area (Å²) < 4.78 is 0. The zero-order valence-electron chi connectivity index (χ0n) is 8.68. The minimum atomic E-state index is -1.11. The van der Waals surface area contributed by atoms with E-state index in [4.69, 9.17) is 10.8 Å². The van der Waals surface area contributed by atoms with E-state index in [-0.39, 0.29) is 11.4 Å². The molecule has 1 saturated heterocycles. The largest absolute Gasteiger partial charge is 0.477 e. The summed E-state index contributed by atoms with van der Waals surface area (Å²) in [5.41, 5.74) is 5.50. The van der Waals surface area contributed by atoms with Crippen molar-refractivity contribution in [2.45, 2.75) is 0 Å². The van der Waals surface area contributed by atoms with E-state index < -0.39 is 5.97 Å². The van der Waals surface area contributed by atoms with Crippen LogP contribution in [0.4, 0.5) is 11.8 Å². The molecule has 1 aliphatic rings. The van der Waals surface area contributed by atoms with Crippen LogP contribution in [-0.2, 0) is 0 Å². The van der Waals surface area contributed by atoms with E-state index in [1.807, 2.05) is 4.90 Å². The second-order valence-corrected chi connectivity index (χ2v) is 3.51. The summed E-state index contributed by atoms with van der Waals surface area (Å²) in [7, 11) is 0. The van der Waals surface area contributed by atoms with Crippen molar-refractivity contribution >= 4 is 17.7 Å². The zero-order chi connectivity index (χ0) is 11.5. The number of rotatable bonds is 2. The predicted octanol–water partition coefficient (Wildman–Crippen LogP) is -0.833. The number of carboxylic acid groups (broad SMARTS) is 1. The number of anilines is 2. The van der Waals surface area contributed by atoms with Crippen LogP contribution >= 0.6 is 0 Å². The Morgan fingerprint density at radius 2 is 2.19 bits per heavy atom. The number of piperazine rings is 1. The Labute approximate surface area is 92.3 Å². The van der Waals surface area contributed by atoms with Gasteiger partial charge in [-0.1, -0.05) is 0 Å². The number of aromatic carboxylic acids is 1. The Hall–Kier alpha value is -1.89. The average molecular weight is 223 g/mol. The molecule has 0 aliphatic carbocycles. The summed E-state index contributed by atoms with van der Waals surface area (Å²) in [6, 6.07) is 0. The molecule has 2 rings (SSSR count). The molecule has 16 heavy (non-hydrogen) atoms. The summed E-state index contributed by atoms with van der Waals surface area (Å²) >= 11 is 0. The summed E-state index contributed by atoms with van der Waals surface area (Å²) in [6.45, 7) is 3.33. The first kappa shape index (κ1) is 10.6. The third-order valence-electron chi connectivity index (χ3n) is 2.44. The molecule has 0 atom stereocenters. The number of carboxylic acids is 1. The van der Waals surface area contributed by atoms with E-state index in [1.54, 1.807) is 0 Å². The molecule has 7 nitrogen and oxygen atoms in total. The van der Waals surface area contributed by atoms with E-state index in [1.165, 1.54) is 6.20 Å². The molecule has 1 aliphatic heterocycles. The van der Waals surface area contributed by atoms with Crippen molar-refractivity contribution < 1.29 is 9.90 Å². The first-order valence-electron chi connectivity index (χ1n) is 5.00. The summed E-state index contributed by atoms with van der Waals surface area (Å²) in [5, 5.41) is 12.0. The van der Waals surface area contributed by atoms with E-state index in [0.717, 1.165) is 26.2 Å². The second-order valence-electron chi connectivity index (χ2n) is 3.51. The lowest BCUT2D eigenvalue weighted by atomic mass is 10.3. The highest BCUT2D eigenvalue weighted by Gasteiger charge is 2.16. The number of nitrogens with two attached hydrogens (primary N) is 1. The Morgan fingerprint density at radius 3 is 2.75 bits per heavy atom. The average Bonchev–Trinajstić information content (AvgIpc) is 2.29. The van der Waals surface area contributed by atoms with Gasteiger partial charge in [0.05, 0.1) is 0 Å². The highest BCUT2D eigenvalue weighted by molar-refractivity contribution is 5.92. The van der Waals surface area contributed by atoms with Crippen LogP contribution in [0.5, 0.6) is 0 Å². The molecule has 0 saturated carbocycles. The van der Waals surface area contributed by atoms with E-state index >= 15 is 0 Å². The fourth-order valence-corrected chi connectivity index (χ4v) is 1.57. The normalized spacial score (nSPS) is 16.1. The van der Waals surface area contributed by atoms with E-state index in [0.29, 0.717) is 5.95 Å². The third kappa shape index (κ3) is 2.03. The quantitative estimate of drug-likeness (QED) is 0.600. The number of carbonyl (C=O) groups is 1. The molecule has 86 valence electrons. The van der Waals surface area contributed by atoms with Crippen LogP contribution < -0.4 is 16.0 Å². The fourth-order valence-electron chi connectivity index (χ4n) is 1.57. The lowest BCUT2D eigenvalue weighted by Crippen LogP contribution is -2.44. The molecular formula is C9H13N5O2. The maximum Gasteiger partial charge on any atom is 0.341 e. The summed E-state index contributed by atoms with van der Waals surface area (Å²) in [5.74, 6) is -0.607. The Balaban J connectivity index is 2.23. The van der Waals surface area contributed by atoms with Gasteiger partial charge in [-0.2, -0.15) is 4.98 Å². The van der Waals surface area contributed by atoms with Crippen molar-refractivity contribution in [2.24, 2.45) is 0 Å². The summed E-state index contributed by atoms with van der Waals surface area (Å²) in [6.07, 6.45) is 1.25. The minimum Gasteiger partial charge on any atom is -0.477 e. The molecule has 1 aromatic rings. The number of nitrogen functional groups attached to an aromatic ring is 1. The Morgan fingerprint density at radius 1 is 1.50 bits per heavy atom. The molecular weight excluding hydrogens is 210 g/mol. The van der Waals surface area contributed by atoms with Crippen molar-refractivity contribution in [1.82, 2.24) is 15.3 Å². The van der Waals surface area contributed by atoms with Crippen LogP contribution in [-0.4, -0.2) is 47.2 Å². The van der Waals surface area contributed by atoms with Gasteiger partial charge in [-0.3, -0.25) is 0 Å². The Bertz CT molecular complexity index is 403. The first-order chi connectivity index (χ1) is 7.68. The van der Waals surface area contributed by atoms with Crippen LogP contribution in [0.1, 0.15) is 10.4 Å². The van der Waals surface area contributed by atoms with E-state index in [9.17, 15) is 4.79 Å². The van der Waals surface area contributed by atoms with Crippen molar-refractivity contribution in [2.75, 3.05) is 36.8 Å². The third-order valence-corrected chi connectivity index (χ3v) is 2.44. The van der Waals surface area contributed by atoms with Gasteiger partial charge >= 0.3 is 5.97 Å². The number of hydrogen-bond acceptors (Lipinski definition) is 6. The van der Waals surface area contributed by atoms with Crippen molar-refractivity contribution in [3.8, 4) is 0 Å². The fraction of sp³-hybridized carbons (Fsp3) is 0.444. The van der Waals surface area contributed by atoms with Crippen LogP contribution in [0.25, 0.3) is 0 Å². The van der Waals surface area contributed by atoms with Gasteiger partial charge < -0.3 is 21.1 Å². The number of nitrogens with zero attached hydrogens (tertiary/aromatic N) is 3. The summed E-state index contributed by atoms with van der Waals surface area (Å²) in [4.78, 5) is 20.7. The minimum absolute atomic E-state index is 0.0102. The molecule has 0 aromatic carbocycles. The van der Waals surface area contributed by atoms with Crippen LogP contribution in [0.3, 0.4) is 0 Å². The topological polar surface area (TPSA) is 104 Å². The molecule has 0 unspecified atom stereocenters. The van der Waals surface area contributed by atoms with Gasteiger partial charge in [0.2, 0.25) is 5.95 Å². The van der Waals surface area contributed by atoms with Crippen molar-refractivity contribution in [3.63, 3.8) is 0 Å². The van der Waals surface area contributed by atoms with Crippen molar-refractivity contribution in [1.29, 1.82) is 0 Å². The van der Waals surface area contributed by atoms with Crippen LogP contribution in [0.15, 0.2) is 6.20 Å². The predicted molar refractivity (Wildman–Crippen MR) is 58.5 cm³/mol. The number of nitrogens with one attached hydrogen (secondary N) is 1. The molecule has 0 bridgehead atoms. The highest BCUT2D eigenvalue weighted by Crippen LogP contribution is 2.13. The molecule has 4 N–H and O–H groups in total. The second kappa shape index (κ2) is 4.31. The van der Waals surface area contributed by atoms with Gasteiger partial charge in [0.25, 0.3) is 0 Å². The van der Waals surface area contributed by atoms with Gasteiger partial charge in [-0.15, -0.1) is 0 Å².